The van der Waals surface area contributed by atoms with Crippen molar-refractivity contribution in [3.8, 4) is 0 Å². The monoisotopic (exact) mass is 366 g/mol. The van der Waals surface area contributed by atoms with Gasteiger partial charge in [-0.3, -0.25) is 14.4 Å². The number of Topliss-reactive ketones (excluding diaryl/α,β-unsaturated/α-hetero) is 2. The molecule has 1 aromatic heterocycles. The van der Waals surface area contributed by atoms with Crippen LogP contribution >= 0.6 is 0 Å². The van der Waals surface area contributed by atoms with Crippen molar-refractivity contribution in [3.63, 3.8) is 0 Å². The molecule has 0 radical (unpaired) electrons. The quantitative estimate of drug-likeness (QED) is 0.646. The van der Waals surface area contributed by atoms with E-state index in [1.807, 2.05) is 25.1 Å². The average molecular weight is 366 g/mol. The van der Waals surface area contributed by atoms with Gasteiger partial charge in [-0.1, -0.05) is 12.1 Å². The van der Waals surface area contributed by atoms with Crippen molar-refractivity contribution < 1.29 is 19.1 Å². The van der Waals surface area contributed by atoms with Crippen molar-refractivity contribution in [2.24, 2.45) is 5.92 Å². The molecule has 0 amide bonds. The fourth-order valence-corrected chi connectivity index (χ4v) is 3.20. The summed E-state index contributed by atoms with van der Waals surface area (Å²) in [5.74, 6) is -0.806. The first-order chi connectivity index (χ1) is 12.8. The lowest BCUT2D eigenvalue weighted by Crippen LogP contribution is -2.26. The van der Waals surface area contributed by atoms with Crippen LogP contribution in [0.2, 0.25) is 0 Å². The smallest absolute Gasteiger partial charge is 0.302 e. The molecular formula is C21H22N2O4. The van der Waals surface area contributed by atoms with E-state index in [0.717, 1.165) is 22.0 Å². The maximum Gasteiger partial charge on any atom is 0.302 e. The van der Waals surface area contributed by atoms with Gasteiger partial charge in [-0.15, -0.1) is 0 Å². The van der Waals surface area contributed by atoms with Crippen molar-refractivity contribution in [2.75, 3.05) is 11.9 Å². The molecule has 6 heteroatoms. The molecule has 2 aromatic rings. The molecule has 6 nitrogen and oxygen atoms in total. The average Bonchev–Trinajstić information content (AvgIpc) is 2.80. The molecule has 1 aromatic carbocycles. The highest BCUT2D eigenvalue weighted by Crippen LogP contribution is 2.26. The number of anilines is 1. The maximum atomic E-state index is 12.3. The Morgan fingerprint density at radius 3 is 2.41 bits per heavy atom. The number of hydrogen-bond acceptors (Lipinski definition) is 6. The molecule has 1 aliphatic carbocycles. The van der Waals surface area contributed by atoms with Gasteiger partial charge in [0.25, 0.3) is 0 Å². The van der Waals surface area contributed by atoms with Gasteiger partial charge in [0, 0.05) is 24.4 Å². The predicted molar refractivity (Wildman–Crippen MR) is 102 cm³/mol. The SMILES string of the molecule is CC(=O)OCc1cc(NCC2C(=O)C(C)=C(C)C2=O)nc2cc(C)ccc12. The fourth-order valence-electron chi connectivity index (χ4n) is 3.20. The van der Waals surface area contributed by atoms with E-state index in [0.29, 0.717) is 17.0 Å². The third-order valence-corrected chi connectivity index (χ3v) is 4.90. The fraction of sp³-hybridized carbons (Fsp3) is 0.333. The lowest BCUT2D eigenvalue weighted by atomic mass is 10.0. The van der Waals surface area contributed by atoms with Gasteiger partial charge in [-0.25, -0.2) is 4.98 Å². The van der Waals surface area contributed by atoms with E-state index in [2.05, 4.69) is 10.3 Å². The zero-order valence-electron chi connectivity index (χ0n) is 15.9. The number of hydrogen-bond donors (Lipinski definition) is 1. The van der Waals surface area contributed by atoms with Crippen molar-refractivity contribution in [1.82, 2.24) is 4.98 Å². The summed E-state index contributed by atoms with van der Waals surface area (Å²) in [6.07, 6.45) is 0. The second-order valence-corrected chi connectivity index (χ2v) is 6.88. The highest BCUT2D eigenvalue weighted by Gasteiger charge is 2.36. The summed E-state index contributed by atoms with van der Waals surface area (Å²) >= 11 is 0. The molecule has 1 heterocycles. The zero-order chi connectivity index (χ0) is 19.7. The molecule has 1 N–H and O–H groups in total. The molecule has 0 atom stereocenters. The van der Waals surface area contributed by atoms with Crippen LogP contribution < -0.4 is 5.32 Å². The number of pyridine rings is 1. The van der Waals surface area contributed by atoms with Crippen molar-refractivity contribution in [1.29, 1.82) is 0 Å². The standard InChI is InChI=1S/C21H22N2O4/c1-11-5-6-16-15(10-27-14(4)24)8-19(23-18(16)7-11)22-9-17-20(25)12(2)13(3)21(17)26/h5-8,17H,9-10H2,1-4H3,(H,22,23). The highest BCUT2D eigenvalue weighted by molar-refractivity contribution is 6.24. The number of nitrogens with one attached hydrogen (secondary N) is 1. The van der Waals surface area contributed by atoms with Crippen LogP contribution in [0.4, 0.5) is 5.82 Å². The van der Waals surface area contributed by atoms with Gasteiger partial charge in [-0.05, 0) is 49.6 Å². The zero-order valence-corrected chi connectivity index (χ0v) is 15.9. The first-order valence-electron chi connectivity index (χ1n) is 8.81. The van der Waals surface area contributed by atoms with Gasteiger partial charge >= 0.3 is 5.97 Å². The van der Waals surface area contributed by atoms with Crippen molar-refractivity contribution in [3.05, 3.63) is 46.5 Å². The number of allylic oxidation sites excluding steroid dienone is 2. The van der Waals surface area contributed by atoms with Crippen LogP contribution in [0, 0.1) is 12.8 Å². The van der Waals surface area contributed by atoms with Crippen LogP contribution in [0.15, 0.2) is 35.4 Å². The number of ketones is 2. The third kappa shape index (κ3) is 3.74. The second-order valence-electron chi connectivity index (χ2n) is 6.88. The Kier molecular flexibility index (Phi) is 5.08. The van der Waals surface area contributed by atoms with Crippen LogP contribution in [0.25, 0.3) is 10.9 Å². The number of carbonyl (C=O) groups is 3. The Labute approximate surface area is 157 Å². The second kappa shape index (κ2) is 7.31. The molecule has 0 saturated carbocycles. The Morgan fingerprint density at radius 2 is 1.78 bits per heavy atom. The molecule has 0 bridgehead atoms. The Hall–Kier alpha value is -3.02. The van der Waals surface area contributed by atoms with Crippen LogP contribution in [0.5, 0.6) is 0 Å². The summed E-state index contributed by atoms with van der Waals surface area (Å²) in [4.78, 5) is 40.3. The van der Waals surface area contributed by atoms with Gasteiger partial charge < -0.3 is 10.1 Å². The van der Waals surface area contributed by atoms with E-state index in [1.54, 1.807) is 19.9 Å². The van der Waals surface area contributed by atoms with Gasteiger partial charge in [-0.2, -0.15) is 0 Å². The van der Waals surface area contributed by atoms with Crippen LogP contribution in [0.3, 0.4) is 0 Å². The first-order valence-corrected chi connectivity index (χ1v) is 8.81. The number of fused-ring (bicyclic) bond motifs is 1. The number of nitrogens with zero attached hydrogens (tertiary/aromatic N) is 1. The van der Waals surface area contributed by atoms with Gasteiger partial charge in [0.15, 0.2) is 11.6 Å². The number of aryl methyl sites for hydroxylation is 1. The molecule has 140 valence electrons. The molecule has 3 rings (SSSR count). The van der Waals surface area contributed by atoms with Crippen LogP contribution in [-0.2, 0) is 25.7 Å². The number of aromatic nitrogens is 1. The molecular weight excluding hydrogens is 344 g/mol. The minimum atomic E-state index is -0.711. The van der Waals surface area contributed by atoms with Gasteiger partial charge in [0.05, 0.1) is 5.52 Å². The third-order valence-electron chi connectivity index (χ3n) is 4.90. The van der Waals surface area contributed by atoms with E-state index in [1.165, 1.54) is 6.92 Å². The van der Waals surface area contributed by atoms with E-state index >= 15 is 0 Å². The van der Waals surface area contributed by atoms with Crippen LogP contribution in [0.1, 0.15) is 31.9 Å². The summed E-state index contributed by atoms with van der Waals surface area (Å²) in [5, 5.41) is 4.01. The molecule has 0 saturated heterocycles. The molecule has 0 unspecified atom stereocenters. The summed E-state index contributed by atoms with van der Waals surface area (Å²) in [6, 6.07) is 7.65. The molecule has 1 aliphatic rings. The summed E-state index contributed by atoms with van der Waals surface area (Å²) < 4.78 is 5.15. The lowest BCUT2D eigenvalue weighted by molar-refractivity contribution is -0.142. The summed E-state index contributed by atoms with van der Waals surface area (Å²) in [6.45, 7) is 7.02. The number of esters is 1. The minimum Gasteiger partial charge on any atom is -0.461 e. The Balaban J connectivity index is 1.87. The summed E-state index contributed by atoms with van der Waals surface area (Å²) in [7, 11) is 0. The highest BCUT2D eigenvalue weighted by atomic mass is 16.5. The number of rotatable bonds is 5. The largest absolute Gasteiger partial charge is 0.461 e. The molecule has 27 heavy (non-hydrogen) atoms. The van der Waals surface area contributed by atoms with E-state index < -0.39 is 5.92 Å². The molecule has 0 aliphatic heterocycles. The van der Waals surface area contributed by atoms with Crippen LogP contribution in [-0.4, -0.2) is 29.1 Å². The van der Waals surface area contributed by atoms with E-state index in [4.69, 9.17) is 4.74 Å². The maximum absolute atomic E-state index is 12.3. The van der Waals surface area contributed by atoms with Gasteiger partial charge in [0.2, 0.25) is 0 Å². The molecule has 0 spiro atoms. The predicted octanol–water partition coefficient (Wildman–Crippen LogP) is 3.12. The normalized spacial score (nSPS) is 15.0. The summed E-state index contributed by atoms with van der Waals surface area (Å²) in [5.41, 5.74) is 3.69. The van der Waals surface area contributed by atoms with Gasteiger partial charge in [0.1, 0.15) is 18.3 Å². The Morgan fingerprint density at radius 1 is 1.11 bits per heavy atom. The van der Waals surface area contributed by atoms with Crippen molar-refractivity contribution in [2.45, 2.75) is 34.3 Å². The first kappa shape index (κ1) is 18.8. The number of carbonyl (C=O) groups excluding carboxylic acids is 3. The topological polar surface area (TPSA) is 85.4 Å². The Bertz CT molecular complexity index is 967. The number of ether oxygens (including phenoxy) is 1. The molecule has 0 fully saturated rings. The number of benzene rings is 1. The lowest BCUT2D eigenvalue weighted by Gasteiger charge is -2.14. The van der Waals surface area contributed by atoms with Crippen molar-refractivity contribution >= 4 is 34.3 Å². The minimum absolute atomic E-state index is 0.132. The van der Waals surface area contributed by atoms with E-state index in [9.17, 15) is 14.4 Å². The van der Waals surface area contributed by atoms with E-state index in [-0.39, 0.29) is 30.7 Å².